The van der Waals surface area contributed by atoms with Crippen LogP contribution in [0, 0.1) is 6.08 Å². The Kier molecular flexibility index (Phi) is 8.41. The molecule has 0 bridgehead atoms. The molecule has 0 saturated heterocycles. The van der Waals surface area contributed by atoms with Gasteiger partial charge < -0.3 is 14.7 Å². The topological polar surface area (TPSA) is 59.4 Å². The molecule has 0 spiro atoms. The van der Waals surface area contributed by atoms with Gasteiger partial charge in [-0.05, 0) is 19.8 Å². The molecule has 0 fully saturated rings. The van der Waals surface area contributed by atoms with E-state index in [9.17, 15) is 8.78 Å². The average molecular weight is 491 g/mol. The fourth-order valence-corrected chi connectivity index (χ4v) is 1.93. The summed E-state index contributed by atoms with van der Waals surface area (Å²) in [5.41, 5.74) is -0.0451. The van der Waals surface area contributed by atoms with Gasteiger partial charge in [0.25, 0.3) is 0 Å². The van der Waals surface area contributed by atoms with Gasteiger partial charge in [-0.15, -0.1) is 12.0 Å². The molecular weight excluding hydrogens is 470 g/mol. The summed E-state index contributed by atoms with van der Waals surface area (Å²) in [6, 6.07) is 0. The van der Waals surface area contributed by atoms with Gasteiger partial charge in [-0.1, -0.05) is 6.42 Å². The van der Waals surface area contributed by atoms with Crippen LogP contribution in [0.1, 0.15) is 38.9 Å². The fourth-order valence-electron chi connectivity index (χ4n) is 1.93. The van der Waals surface area contributed by atoms with Crippen LogP contribution >= 0.6 is 0 Å². The molecule has 1 aliphatic rings. The summed E-state index contributed by atoms with van der Waals surface area (Å²) in [6.45, 7) is 3.00. The minimum atomic E-state index is -2.77. The van der Waals surface area contributed by atoms with Gasteiger partial charge in [-0.3, -0.25) is 10.9 Å². The van der Waals surface area contributed by atoms with Gasteiger partial charge in [0.15, 0.2) is 0 Å². The van der Waals surface area contributed by atoms with Crippen LogP contribution in [-0.4, -0.2) is 31.2 Å². The van der Waals surface area contributed by atoms with Crippen LogP contribution in [0.4, 0.5) is 8.78 Å². The Morgan fingerprint density at radius 1 is 1.50 bits per heavy atom. The Hall–Kier alpha value is -1.33. The zero-order valence-corrected chi connectivity index (χ0v) is 15.1. The van der Waals surface area contributed by atoms with E-state index in [1.165, 1.54) is 26.1 Å². The normalized spacial score (nSPS) is 16.8. The molecule has 2 rings (SSSR count). The Bertz CT molecular complexity index is 562. The molecule has 7 heteroatoms. The number of carbonyl (C=O) groups excluding carboxylic acids is 1. The summed E-state index contributed by atoms with van der Waals surface area (Å²) in [5.74, 6) is -2.19. The molecule has 1 aromatic heterocycles. The summed E-state index contributed by atoms with van der Waals surface area (Å²) in [4.78, 5) is 12.3. The van der Waals surface area contributed by atoms with E-state index < -0.39 is 5.92 Å². The molecule has 2 N–H and O–H groups in total. The van der Waals surface area contributed by atoms with Gasteiger partial charge in [-0.2, -0.15) is 0 Å². The Balaban J connectivity index is 0.000000478. The summed E-state index contributed by atoms with van der Waals surface area (Å²) < 4.78 is 28.5. The maximum absolute atomic E-state index is 13.5. The van der Waals surface area contributed by atoms with Crippen LogP contribution in [-0.2, 0) is 27.2 Å². The van der Waals surface area contributed by atoms with E-state index in [1.807, 2.05) is 0 Å². The minimum Gasteiger partial charge on any atom is -0.512 e. The quantitative estimate of drug-likeness (QED) is 0.299. The Morgan fingerprint density at radius 3 is 2.50 bits per heavy atom. The molecule has 0 aliphatic heterocycles. The third kappa shape index (κ3) is 6.20. The summed E-state index contributed by atoms with van der Waals surface area (Å²) in [6.07, 6.45) is 8.20. The van der Waals surface area contributed by atoms with E-state index in [0.29, 0.717) is 18.7 Å². The SMILES string of the molecule is CC(=[OH+])/C=C(/C)O.Cn1ccnc1C1=[C-]CCCC1(F)F.[Ir]. The Morgan fingerprint density at radius 2 is 2.14 bits per heavy atom. The number of hydrogen-bond acceptors (Lipinski definition) is 2. The number of aryl methyl sites for hydroxylation is 1. The number of ketones is 1. The average Bonchev–Trinajstić information content (AvgIpc) is 2.73. The zero-order chi connectivity index (χ0) is 16.0. The number of imidazole rings is 1. The van der Waals surface area contributed by atoms with E-state index in [2.05, 4.69) is 11.1 Å². The maximum Gasteiger partial charge on any atom is 0.316 e. The molecule has 22 heavy (non-hydrogen) atoms. The molecule has 0 saturated carbocycles. The Labute approximate surface area is 142 Å². The second-order valence-electron chi connectivity index (χ2n) is 4.90. The van der Waals surface area contributed by atoms with Crippen LogP contribution < -0.4 is 0 Å². The van der Waals surface area contributed by atoms with Gasteiger partial charge in [0.05, 0.1) is 18.8 Å². The number of aliphatic hydroxyl groups excluding tert-OH is 1. The number of alkyl halides is 2. The summed E-state index contributed by atoms with van der Waals surface area (Å²) in [5, 5.41) is 8.40. The van der Waals surface area contributed by atoms with Crippen LogP contribution in [0.5, 0.6) is 0 Å². The maximum atomic E-state index is 13.5. The van der Waals surface area contributed by atoms with Gasteiger partial charge in [0.1, 0.15) is 0 Å². The van der Waals surface area contributed by atoms with Crippen molar-refractivity contribution in [1.82, 2.24) is 9.55 Å². The number of aliphatic hydroxyl groups is 1. The predicted molar refractivity (Wildman–Crippen MR) is 77.7 cm³/mol. The van der Waals surface area contributed by atoms with Crippen molar-refractivity contribution in [2.24, 2.45) is 7.05 Å². The summed E-state index contributed by atoms with van der Waals surface area (Å²) >= 11 is 0. The van der Waals surface area contributed by atoms with Crippen LogP contribution in [0.3, 0.4) is 0 Å². The van der Waals surface area contributed by atoms with Crippen molar-refractivity contribution in [1.29, 1.82) is 0 Å². The zero-order valence-electron chi connectivity index (χ0n) is 12.7. The van der Waals surface area contributed by atoms with Gasteiger partial charge in [-0.25, -0.2) is 8.78 Å². The summed E-state index contributed by atoms with van der Waals surface area (Å²) in [7, 11) is 1.71. The number of allylic oxidation sites excluding steroid dienone is 4. The van der Waals surface area contributed by atoms with Crippen molar-refractivity contribution in [3.63, 3.8) is 0 Å². The molecule has 0 aromatic carbocycles. The number of halogens is 2. The van der Waals surface area contributed by atoms with Gasteiger partial charge >= 0.3 is 5.78 Å². The largest absolute Gasteiger partial charge is 0.512 e. The van der Waals surface area contributed by atoms with Crippen molar-refractivity contribution >= 4 is 11.4 Å². The predicted octanol–water partition coefficient (Wildman–Crippen LogP) is 3.44. The monoisotopic (exact) mass is 491 g/mol. The van der Waals surface area contributed by atoms with E-state index in [0.717, 1.165) is 0 Å². The third-order valence-electron chi connectivity index (χ3n) is 2.80. The molecular formula is C15H20F2IrN2O2. The molecule has 1 aromatic rings. The number of nitrogens with zero attached hydrogens (tertiary/aromatic N) is 2. The third-order valence-corrected chi connectivity index (χ3v) is 2.80. The number of hydrogen-bond donors (Lipinski definition) is 1. The van der Waals surface area contributed by atoms with Crippen molar-refractivity contribution in [3.8, 4) is 0 Å². The molecule has 1 radical (unpaired) electrons. The van der Waals surface area contributed by atoms with Crippen molar-refractivity contribution in [2.75, 3.05) is 0 Å². The minimum absolute atomic E-state index is 0. The molecule has 4 nitrogen and oxygen atoms in total. The number of aromatic nitrogens is 2. The standard InChI is InChI=1S/C10H11F2N2.C5H8O2.Ir/c1-14-7-6-13-9(14)8-4-2-3-5-10(8,11)12;1-4(6)3-5(2)7;/h6-7H,2-3,5H2,1H3;3,6H,1-2H3;/q-1;;/p+1/b;4-3-;. The smallest absolute Gasteiger partial charge is 0.316 e. The van der Waals surface area contributed by atoms with Crippen LogP contribution in [0.25, 0.3) is 5.57 Å². The van der Waals surface area contributed by atoms with E-state index >= 15 is 0 Å². The molecule has 0 amide bonds. The molecule has 0 unspecified atom stereocenters. The van der Waals surface area contributed by atoms with Crippen LogP contribution in [0.15, 0.2) is 24.2 Å². The first kappa shape index (κ1) is 20.7. The first-order valence-electron chi connectivity index (χ1n) is 6.60. The van der Waals surface area contributed by atoms with E-state index in [4.69, 9.17) is 9.90 Å². The molecule has 0 atom stereocenters. The first-order valence-corrected chi connectivity index (χ1v) is 6.60. The van der Waals surface area contributed by atoms with Crippen molar-refractivity contribution in [3.05, 3.63) is 36.1 Å². The van der Waals surface area contributed by atoms with Gasteiger partial charge in [0.2, 0.25) is 5.92 Å². The van der Waals surface area contributed by atoms with Crippen molar-refractivity contribution < 1.29 is 38.8 Å². The second-order valence-corrected chi connectivity index (χ2v) is 4.90. The van der Waals surface area contributed by atoms with Gasteiger partial charge in [0, 0.05) is 38.9 Å². The van der Waals surface area contributed by atoms with Crippen LogP contribution in [0.2, 0.25) is 0 Å². The molecule has 1 aliphatic carbocycles. The first-order chi connectivity index (χ1) is 9.74. The van der Waals surface area contributed by atoms with E-state index in [-0.39, 0.29) is 43.6 Å². The molecule has 1 heterocycles. The molecule has 125 valence electrons. The second kappa shape index (κ2) is 8.95. The van der Waals surface area contributed by atoms with Crippen molar-refractivity contribution in [2.45, 2.75) is 39.0 Å². The fraction of sp³-hybridized carbons (Fsp3) is 0.467. The number of rotatable bonds is 2. The van der Waals surface area contributed by atoms with E-state index in [1.54, 1.807) is 17.8 Å².